The summed E-state index contributed by atoms with van der Waals surface area (Å²) in [4.78, 5) is 28.4. The van der Waals surface area contributed by atoms with Crippen LogP contribution in [-0.2, 0) is 11.3 Å². The molecule has 2 N–H and O–H groups in total. The van der Waals surface area contributed by atoms with Gasteiger partial charge in [0.15, 0.2) is 0 Å². The molecule has 1 aromatic carbocycles. The van der Waals surface area contributed by atoms with E-state index in [9.17, 15) is 9.59 Å². The van der Waals surface area contributed by atoms with Gasteiger partial charge >= 0.3 is 6.03 Å². The standard InChI is InChI=1S/C18H23N3O5.H2S/c1-11-10-25-16-6-12(17(22)19-24)2-3-13(16)7-21(11)18(23)20-8-14-4-5-15(9-20)26-14;/h2-3,6,11,14-15,24H,4-5,7-10H2,1H3,(H,19,22);1H2/t11-,14-,15-;/m0./s1. The summed E-state index contributed by atoms with van der Waals surface area (Å²) in [5, 5.41) is 8.79. The second-order valence-electron chi connectivity index (χ2n) is 7.20. The van der Waals surface area contributed by atoms with E-state index < -0.39 is 5.91 Å². The van der Waals surface area contributed by atoms with E-state index >= 15 is 0 Å². The smallest absolute Gasteiger partial charge is 0.320 e. The second-order valence-corrected chi connectivity index (χ2v) is 7.20. The lowest BCUT2D eigenvalue weighted by Gasteiger charge is -2.37. The monoisotopic (exact) mass is 395 g/mol. The normalized spacial score (nSPS) is 26.4. The molecule has 0 saturated carbocycles. The number of rotatable bonds is 1. The van der Waals surface area contributed by atoms with Crippen molar-refractivity contribution in [2.24, 2.45) is 0 Å². The molecule has 2 fully saturated rings. The van der Waals surface area contributed by atoms with E-state index in [-0.39, 0.29) is 37.8 Å². The molecule has 0 aromatic heterocycles. The van der Waals surface area contributed by atoms with Crippen molar-refractivity contribution in [1.82, 2.24) is 15.3 Å². The van der Waals surface area contributed by atoms with Gasteiger partial charge in [0.05, 0.1) is 24.8 Å². The molecular weight excluding hydrogens is 370 g/mol. The maximum absolute atomic E-state index is 13.1. The first-order valence-electron chi connectivity index (χ1n) is 8.96. The minimum atomic E-state index is -0.592. The van der Waals surface area contributed by atoms with Crippen LogP contribution in [0, 0.1) is 0 Å². The Morgan fingerprint density at radius 3 is 2.59 bits per heavy atom. The van der Waals surface area contributed by atoms with Crippen molar-refractivity contribution < 1.29 is 24.3 Å². The third kappa shape index (κ3) is 3.85. The van der Waals surface area contributed by atoms with Crippen LogP contribution in [0.25, 0.3) is 0 Å². The topological polar surface area (TPSA) is 91.3 Å². The largest absolute Gasteiger partial charge is 0.491 e. The molecule has 3 atom stereocenters. The number of carbonyl (C=O) groups is 2. The van der Waals surface area contributed by atoms with Crippen molar-refractivity contribution in [3.8, 4) is 5.75 Å². The van der Waals surface area contributed by atoms with Crippen LogP contribution in [0.5, 0.6) is 5.75 Å². The molecule has 2 saturated heterocycles. The number of hydrogen-bond donors (Lipinski definition) is 2. The summed E-state index contributed by atoms with van der Waals surface area (Å²) in [5.41, 5.74) is 2.77. The predicted molar refractivity (Wildman–Crippen MR) is 101 cm³/mol. The van der Waals surface area contributed by atoms with Crippen LogP contribution in [0.2, 0.25) is 0 Å². The highest BCUT2D eigenvalue weighted by Gasteiger charge is 2.38. The van der Waals surface area contributed by atoms with Crippen LogP contribution < -0.4 is 10.2 Å². The molecule has 3 amide bonds. The molecule has 27 heavy (non-hydrogen) atoms. The third-order valence-electron chi connectivity index (χ3n) is 5.34. The van der Waals surface area contributed by atoms with E-state index in [1.165, 1.54) is 0 Å². The van der Waals surface area contributed by atoms with E-state index in [1.54, 1.807) is 23.7 Å². The van der Waals surface area contributed by atoms with Gasteiger partial charge in [0.25, 0.3) is 5.91 Å². The number of nitrogens with one attached hydrogen (secondary N) is 1. The number of benzene rings is 1. The third-order valence-corrected chi connectivity index (χ3v) is 5.34. The van der Waals surface area contributed by atoms with Gasteiger partial charge in [-0.3, -0.25) is 10.0 Å². The molecule has 0 aliphatic carbocycles. The Labute approximate surface area is 164 Å². The van der Waals surface area contributed by atoms with E-state index in [4.69, 9.17) is 14.7 Å². The summed E-state index contributed by atoms with van der Waals surface area (Å²) in [6, 6.07) is 4.89. The molecule has 8 nitrogen and oxygen atoms in total. The van der Waals surface area contributed by atoms with Crippen LogP contribution >= 0.6 is 13.5 Å². The van der Waals surface area contributed by atoms with Crippen LogP contribution in [0.3, 0.4) is 0 Å². The minimum absolute atomic E-state index is 0. The maximum Gasteiger partial charge on any atom is 0.320 e. The molecule has 2 bridgehead atoms. The first kappa shape index (κ1) is 19.8. The molecule has 0 unspecified atom stereocenters. The SMILES string of the molecule is C[C@H]1COc2cc(C(=O)NO)ccc2CN1C(=O)N1C[C@@H]2CC[C@@H](C1)O2.S. The average Bonchev–Trinajstić information content (AvgIpc) is 2.90. The molecule has 0 radical (unpaired) electrons. The molecule has 3 aliphatic heterocycles. The quantitative estimate of drug-likeness (QED) is 0.555. The number of ether oxygens (including phenoxy) is 2. The summed E-state index contributed by atoms with van der Waals surface area (Å²) in [7, 11) is 0. The summed E-state index contributed by atoms with van der Waals surface area (Å²) in [6.45, 7) is 4.01. The molecule has 3 heterocycles. The zero-order valence-corrected chi connectivity index (χ0v) is 16.2. The number of carbonyl (C=O) groups excluding carboxylic acids is 2. The first-order chi connectivity index (χ1) is 12.5. The van der Waals surface area contributed by atoms with Gasteiger partial charge in [-0.1, -0.05) is 6.07 Å². The number of morpholine rings is 1. The minimum Gasteiger partial charge on any atom is -0.491 e. The highest BCUT2D eigenvalue weighted by atomic mass is 32.1. The fourth-order valence-corrected chi connectivity index (χ4v) is 3.87. The zero-order valence-electron chi connectivity index (χ0n) is 15.2. The zero-order chi connectivity index (χ0) is 18.3. The number of likely N-dealkylation sites (tertiary alicyclic amines) is 1. The highest BCUT2D eigenvalue weighted by Crippen LogP contribution is 2.30. The number of amides is 3. The van der Waals surface area contributed by atoms with Crippen LogP contribution in [0.4, 0.5) is 4.79 Å². The average molecular weight is 395 g/mol. The number of hydroxylamine groups is 1. The fourth-order valence-electron chi connectivity index (χ4n) is 3.87. The first-order valence-corrected chi connectivity index (χ1v) is 8.96. The van der Waals surface area contributed by atoms with Gasteiger partial charge in [0.2, 0.25) is 0 Å². The number of fused-ring (bicyclic) bond motifs is 3. The number of hydrogen-bond acceptors (Lipinski definition) is 5. The van der Waals surface area contributed by atoms with Gasteiger partial charge in [-0.2, -0.15) is 13.5 Å². The molecular formula is C18H25N3O5S. The maximum atomic E-state index is 13.1. The van der Waals surface area contributed by atoms with Gasteiger partial charge in [-0.15, -0.1) is 0 Å². The Hall–Kier alpha value is -1.97. The Morgan fingerprint density at radius 1 is 1.22 bits per heavy atom. The molecule has 4 rings (SSSR count). The van der Waals surface area contributed by atoms with Crippen LogP contribution in [-0.4, -0.2) is 64.9 Å². The summed E-state index contributed by atoms with van der Waals surface area (Å²) < 4.78 is 11.6. The second kappa shape index (κ2) is 7.95. The van der Waals surface area contributed by atoms with Gasteiger partial charge in [-0.25, -0.2) is 10.3 Å². The summed E-state index contributed by atoms with van der Waals surface area (Å²) in [6.07, 6.45) is 2.35. The van der Waals surface area contributed by atoms with Crippen molar-refractivity contribution in [1.29, 1.82) is 0 Å². The van der Waals surface area contributed by atoms with Gasteiger partial charge < -0.3 is 19.3 Å². The molecule has 148 valence electrons. The Kier molecular flexibility index (Phi) is 5.83. The summed E-state index contributed by atoms with van der Waals surface area (Å²) >= 11 is 0. The fraction of sp³-hybridized carbons (Fsp3) is 0.556. The van der Waals surface area contributed by atoms with Crippen molar-refractivity contribution in [3.05, 3.63) is 29.3 Å². The Balaban J connectivity index is 0.00000210. The Bertz CT molecular complexity index is 719. The van der Waals surface area contributed by atoms with Gasteiger partial charge in [0, 0.05) is 24.2 Å². The van der Waals surface area contributed by atoms with E-state index in [0.29, 0.717) is 37.6 Å². The Morgan fingerprint density at radius 2 is 1.93 bits per heavy atom. The molecule has 1 aromatic rings. The van der Waals surface area contributed by atoms with Crippen LogP contribution in [0.15, 0.2) is 18.2 Å². The van der Waals surface area contributed by atoms with Crippen molar-refractivity contribution in [2.75, 3.05) is 19.7 Å². The lowest BCUT2D eigenvalue weighted by molar-refractivity contribution is -0.0306. The number of urea groups is 1. The predicted octanol–water partition coefficient (Wildman–Crippen LogP) is 1.48. The van der Waals surface area contributed by atoms with E-state index in [1.807, 2.05) is 16.7 Å². The number of nitrogens with zero attached hydrogens (tertiary/aromatic N) is 2. The van der Waals surface area contributed by atoms with Crippen molar-refractivity contribution in [2.45, 2.75) is 44.6 Å². The lowest BCUT2D eigenvalue weighted by Crippen LogP contribution is -2.53. The highest BCUT2D eigenvalue weighted by molar-refractivity contribution is 7.59. The molecule has 3 aliphatic rings. The lowest BCUT2D eigenvalue weighted by atomic mass is 10.1. The molecule has 0 spiro atoms. The van der Waals surface area contributed by atoms with E-state index in [0.717, 1.165) is 18.4 Å². The van der Waals surface area contributed by atoms with Crippen LogP contribution in [0.1, 0.15) is 35.7 Å². The molecule has 9 heteroatoms. The summed E-state index contributed by atoms with van der Waals surface area (Å²) in [5.74, 6) is -0.0271. The van der Waals surface area contributed by atoms with Crippen molar-refractivity contribution in [3.63, 3.8) is 0 Å². The van der Waals surface area contributed by atoms with Gasteiger partial charge in [0.1, 0.15) is 12.4 Å². The van der Waals surface area contributed by atoms with E-state index in [2.05, 4.69) is 0 Å². The van der Waals surface area contributed by atoms with Crippen molar-refractivity contribution >= 4 is 25.4 Å². The van der Waals surface area contributed by atoms with Gasteiger partial charge in [-0.05, 0) is 31.9 Å².